The zero-order valence-electron chi connectivity index (χ0n) is 10.7. The van der Waals surface area contributed by atoms with E-state index in [0.717, 1.165) is 6.07 Å². The van der Waals surface area contributed by atoms with Gasteiger partial charge >= 0.3 is 0 Å². The predicted octanol–water partition coefficient (Wildman–Crippen LogP) is 2.11. The van der Waals surface area contributed by atoms with Gasteiger partial charge in [-0.2, -0.15) is 10.4 Å². The smallest absolute Gasteiger partial charge is 0.270 e. The number of carbonyl (C=O) groups is 1. The normalized spacial score (nSPS) is 9.95. The molecular formula is C12H8ClN5O3. The Morgan fingerprint density at radius 2 is 2.29 bits per heavy atom. The van der Waals surface area contributed by atoms with E-state index in [2.05, 4.69) is 10.4 Å². The van der Waals surface area contributed by atoms with Gasteiger partial charge in [-0.05, 0) is 6.07 Å². The number of aryl methyl sites for hydroxylation is 1. The van der Waals surface area contributed by atoms with Crippen LogP contribution in [-0.2, 0) is 7.05 Å². The molecule has 0 aliphatic rings. The molecule has 0 unspecified atom stereocenters. The topological polar surface area (TPSA) is 114 Å². The summed E-state index contributed by atoms with van der Waals surface area (Å²) in [5.41, 5.74) is -0.140. The summed E-state index contributed by atoms with van der Waals surface area (Å²) in [5.74, 6) is -0.478. The molecule has 0 aliphatic heterocycles. The van der Waals surface area contributed by atoms with Crippen LogP contribution in [0.2, 0.25) is 5.02 Å². The van der Waals surface area contributed by atoms with Crippen LogP contribution in [-0.4, -0.2) is 20.6 Å². The largest absolute Gasteiger partial charge is 0.306 e. The Morgan fingerprint density at radius 1 is 1.57 bits per heavy atom. The van der Waals surface area contributed by atoms with E-state index in [1.165, 1.54) is 23.0 Å². The van der Waals surface area contributed by atoms with Crippen LogP contribution in [0.3, 0.4) is 0 Å². The van der Waals surface area contributed by atoms with Crippen molar-refractivity contribution < 1.29 is 9.72 Å². The molecule has 21 heavy (non-hydrogen) atoms. The highest BCUT2D eigenvalue weighted by atomic mass is 35.5. The quantitative estimate of drug-likeness (QED) is 0.689. The van der Waals surface area contributed by atoms with E-state index in [0.29, 0.717) is 0 Å². The van der Waals surface area contributed by atoms with E-state index in [-0.39, 0.29) is 27.7 Å². The lowest BCUT2D eigenvalue weighted by molar-refractivity contribution is -0.384. The second-order valence-corrected chi connectivity index (χ2v) is 4.42. The van der Waals surface area contributed by atoms with Gasteiger partial charge in [-0.15, -0.1) is 0 Å². The molecule has 0 atom stereocenters. The predicted molar refractivity (Wildman–Crippen MR) is 74.0 cm³/mol. The number of carbonyl (C=O) groups excluding carboxylic acids is 1. The van der Waals surface area contributed by atoms with Gasteiger partial charge in [-0.3, -0.25) is 19.6 Å². The van der Waals surface area contributed by atoms with Gasteiger partial charge in [0.25, 0.3) is 11.6 Å². The minimum atomic E-state index is -0.663. The minimum Gasteiger partial charge on any atom is -0.306 e. The van der Waals surface area contributed by atoms with Crippen LogP contribution >= 0.6 is 11.6 Å². The summed E-state index contributed by atoms with van der Waals surface area (Å²) in [4.78, 5) is 22.3. The maximum Gasteiger partial charge on any atom is 0.270 e. The number of rotatable bonds is 3. The fourth-order valence-electron chi connectivity index (χ4n) is 1.64. The molecule has 0 radical (unpaired) electrons. The van der Waals surface area contributed by atoms with E-state index in [1.54, 1.807) is 7.05 Å². The number of aromatic nitrogens is 2. The third-order valence-electron chi connectivity index (χ3n) is 2.70. The maximum atomic E-state index is 12.2. The van der Waals surface area contributed by atoms with Crippen molar-refractivity contribution in [1.82, 2.24) is 9.78 Å². The molecule has 1 heterocycles. The number of nitriles is 1. The van der Waals surface area contributed by atoms with Crippen molar-refractivity contribution in [1.29, 1.82) is 5.26 Å². The molecule has 9 heteroatoms. The number of amides is 1. The fourth-order valence-corrected chi connectivity index (χ4v) is 1.85. The third kappa shape index (κ3) is 2.82. The zero-order valence-corrected chi connectivity index (χ0v) is 11.5. The Morgan fingerprint density at radius 3 is 2.90 bits per heavy atom. The van der Waals surface area contributed by atoms with Crippen molar-refractivity contribution in [3.05, 3.63) is 50.7 Å². The summed E-state index contributed by atoms with van der Waals surface area (Å²) in [6.45, 7) is 0. The molecule has 0 saturated carbocycles. The lowest BCUT2D eigenvalue weighted by Gasteiger charge is -2.07. The number of hydrogen-bond donors (Lipinski definition) is 1. The van der Waals surface area contributed by atoms with E-state index < -0.39 is 10.8 Å². The van der Waals surface area contributed by atoms with E-state index >= 15 is 0 Å². The van der Waals surface area contributed by atoms with Gasteiger partial charge in [0.2, 0.25) is 0 Å². The summed E-state index contributed by atoms with van der Waals surface area (Å²) >= 11 is 5.88. The van der Waals surface area contributed by atoms with Gasteiger partial charge in [0.05, 0.1) is 21.7 Å². The second-order valence-electron chi connectivity index (χ2n) is 4.02. The number of anilines is 1. The van der Waals surface area contributed by atoms with E-state index in [9.17, 15) is 14.9 Å². The van der Waals surface area contributed by atoms with Crippen LogP contribution in [0.1, 0.15) is 15.9 Å². The van der Waals surface area contributed by atoms with Gasteiger partial charge in [0.15, 0.2) is 0 Å². The van der Waals surface area contributed by atoms with Gasteiger partial charge in [0, 0.05) is 19.2 Å². The first-order valence-electron chi connectivity index (χ1n) is 5.61. The third-order valence-corrected chi connectivity index (χ3v) is 3.03. The Balaban J connectivity index is 2.37. The molecule has 0 fully saturated rings. The molecule has 2 aromatic rings. The number of nitro groups is 1. The number of nitrogens with zero attached hydrogens (tertiary/aromatic N) is 4. The van der Waals surface area contributed by atoms with E-state index in [4.69, 9.17) is 16.9 Å². The first-order valence-corrected chi connectivity index (χ1v) is 5.99. The maximum absolute atomic E-state index is 12.2. The zero-order chi connectivity index (χ0) is 15.6. The van der Waals surface area contributed by atoms with Crippen molar-refractivity contribution in [2.75, 3.05) is 5.32 Å². The number of halogens is 1. The summed E-state index contributed by atoms with van der Waals surface area (Å²) in [6, 6.07) is 5.41. The summed E-state index contributed by atoms with van der Waals surface area (Å²) in [6.07, 6.45) is 1.30. The van der Waals surface area contributed by atoms with Crippen LogP contribution in [0.4, 0.5) is 11.5 Å². The molecule has 2 rings (SSSR count). The number of non-ortho nitro benzene ring substituents is 1. The molecule has 1 aromatic heterocycles. The van der Waals surface area contributed by atoms with Crippen LogP contribution in [0.15, 0.2) is 24.4 Å². The highest BCUT2D eigenvalue weighted by Crippen LogP contribution is 2.23. The monoisotopic (exact) mass is 305 g/mol. The molecule has 0 saturated heterocycles. The van der Waals surface area contributed by atoms with Crippen LogP contribution in [0, 0.1) is 21.4 Å². The molecule has 1 N–H and O–H groups in total. The van der Waals surface area contributed by atoms with Gasteiger partial charge < -0.3 is 5.32 Å². The average molecular weight is 306 g/mol. The standard InChI is InChI=1S/C12H8ClN5O3/c1-17-11(7(5-14)6-15-17)16-12(19)9-4-8(18(20)21)2-3-10(9)13/h2-4,6H,1H3,(H,16,19). The number of nitrogens with one attached hydrogen (secondary N) is 1. The highest BCUT2D eigenvalue weighted by molar-refractivity contribution is 6.34. The number of hydrogen-bond acceptors (Lipinski definition) is 5. The number of nitro benzene ring substituents is 1. The SMILES string of the molecule is Cn1ncc(C#N)c1NC(=O)c1cc([N+](=O)[O-])ccc1Cl. The molecule has 106 valence electrons. The summed E-state index contributed by atoms with van der Waals surface area (Å²) < 4.78 is 1.31. The first kappa shape index (κ1) is 14.5. The van der Waals surface area contributed by atoms with Crippen LogP contribution in [0.25, 0.3) is 0 Å². The molecule has 0 bridgehead atoms. The van der Waals surface area contributed by atoms with Crippen LogP contribution < -0.4 is 5.32 Å². The highest BCUT2D eigenvalue weighted by Gasteiger charge is 2.18. The van der Waals surface area contributed by atoms with E-state index in [1.807, 2.05) is 6.07 Å². The number of benzene rings is 1. The van der Waals surface area contributed by atoms with Crippen molar-refractivity contribution >= 4 is 29.0 Å². The molecule has 1 aromatic carbocycles. The molecule has 0 spiro atoms. The average Bonchev–Trinajstić information content (AvgIpc) is 2.79. The molecular weight excluding hydrogens is 298 g/mol. The van der Waals surface area contributed by atoms with Crippen molar-refractivity contribution in [3.8, 4) is 6.07 Å². The summed E-state index contributed by atoms with van der Waals surface area (Å²) in [7, 11) is 1.55. The fraction of sp³-hybridized carbons (Fsp3) is 0.0833. The molecule has 1 amide bonds. The Kier molecular flexibility index (Phi) is 3.86. The lowest BCUT2D eigenvalue weighted by atomic mass is 10.2. The van der Waals surface area contributed by atoms with Crippen molar-refractivity contribution in [3.63, 3.8) is 0 Å². The minimum absolute atomic E-state index is 0.0593. The van der Waals surface area contributed by atoms with Crippen molar-refractivity contribution in [2.45, 2.75) is 0 Å². The lowest BCUT2D eigenvalue weighted by Crippen LogP contribution is -2.16. The second kappa shape index (κ2) is 5.60. The summed E-state index contributed by atoms with van der Waals surface area (Å²) in [5, 5.41) is 26.0. The molecule has 8 nitrogen and oxygen atoms in total. The van der Waals surface area contributed by atoms with Gasteiger partial charge in [-0.25, -0.2) is 0 Å². The first-order chi connectivity index (χ1) is 9.93. The van der Waals surface area contributed by atoms with Gasteiger partial charge in [0.1, 0.15) is 17.5 Å². The Labute approximate surface area is 123 Å². The van der Waals surface area contributed by atoms with Crippen molar-refractivity contribution in [2.24, 2.45) is 7.05 Å². The van der Waals surface area contributed by atoms with Crippen LogP contribution in [0.5, 0.6) is 0 Å². The van der Waals surface area contributed by atoms with Gasteiger partial charge in [-0.1, -0.05) is 11.6 Å². The molecule has 0 aliphatic carbocycles. The Hall–Kier alpha value is -2.92. The Bertz CT molecular complexity index is 778.